The van der Waals surface area contributed by atoms with Gasteiger partial charge in [-0.2, -0.15) is 26.3 Å². The number of carbonyl (C=O) groups is 2. The first-order chi connectivity index (χ1) is 15.6. The minimum atomic E-state index is -4.83. The molecule has 0 radical (unpaired) electrons. The van der Waals surface area contributed by atoms with Crippen molar-refractivity contribution >= 4 is 11.9 Å². The topological polar surface area (TPSA) is 75.6 Å². The maximum atomic E-state index is 12.5. The monoisotopic (exact) mass is 493 g/mol. The highest BCUT2D eigenvalue weighted by molar-refractivity contribution is 5.96. The van der Waals surface area contributed by atoms with Crippen LogP contribution >= 0.6 is 0 Å². The normalized spacial score (nSPS) is 14.3. The highest BCUT2D eigenvalue weighted by Gasteiger charge is 2.37. The van der Waals surface area contributed by atoms with Crippen molar-refractivity contribution in [3.8, 4) is 0 Å². The van der Waals surface area contributed by atoms with Crippen LogP contribution in [-0.2, 0) is 26.7 Å². The predicted octanol–water partition coefficient (Wildman–Crippen LogP) is 6.02. The largest absolute Gasteiger partial charge is 0.481 e. The summed E-state index contributed by atoms with van der Waals surface area (Å²) >= 11 is 0. The lowest BCUT2D eigenvalue weighted by atomic mass is 10.0. The van der Waals surface area contributed by atoms with E-state index >= 15 is 0 Å². The first-order valence-electron chi connectivity index (χ1n) is 9.98. The summed E-state index contributed by atoms with van der Waals surface area (Å²) in [4.78, 5) is 22.1. The molecule has 5 nitrogen and oxygen atoms in total. The van der Waals surface area contributed by atoms with Gasteiger partial charge in [-0.25, -0.2) is 0 Å². The van der Waals surface area contributed by atoms with E-state index in [2.05, 4.69) is 5.32 Å². The number of rotatable bonds is 6. The van der Waals surface area contributed by atoms with Gasteiger partial charge in [-0.1, -0.05) is 30.3 Å². The number of carboxylic acids is 1. The maximum absolute atomic E-state index is 12.5. The summed E-state index contributed by atoms with van der Waals surface area (Å²) in [5, 5.41) is 11.3. The third-order valence-electron chi connectivity index (χ3n) is 4.86. The number of nitrogens with one attached hydrogen (secondary N) is 1. The lowest BCUT2D eigenvalue weighted by Gasteiger charge is -2.17. The van der Waals surface area contributed by atoms with Gasteiger partial charge in [-0.05, 0) is 50.1 Å². The van der Waals surface area contributed by atoms with Gasteiger partial charge in [-0.15, -0.1) is 0 Å². The molecule has 1 amide bonds. The summed E-state index contributed by atoms with van der Waals surface area (Å²) in [5.41, 5.74) is -1.89. The Kier molecular flexibility index (Phi) is 10.1. The fourth-order valence-corrected chi connectivity index (χ4v) is 2.63. The van der Waals surface area contributed by atoms with Gasteiger partial charge in [-0.3, -0.25) is 9.59 Å². The van der Waals surface area contributed by atoms with Crippen molar-refractivity contribution < 1.29 is 45.8 Å². The lowest BCUT2D eigenvalue weighted by molar-refractivity contribution is -0.147. The quantitative estimate of drug-likeness (QED) is 0.382. The maximum Gasteiger partial charge on any atom is 0.416 e. The number of hydrogen-bond acceptors (Lipinski definition) is 3. The summed E-state index contributed by atoms with van der Waals surface area (Å²) in [5.74, 6) is -2.60. The van der Waals surface area contributed by atoms with Crippen LogP contribution in [0.1, 0.15) is 55.2 Å². The molecule has 0 aliphatic carbocycles. The molecule has 0 aliphatic rings. The molecule has 0 saturated carbocycles. The Hall–Kier alpha value is -3.08. The van der Waals surface area contributed by atoms with E-state index < -0.39 is 47.4 Å². The Morgan fingerprint density at radius 1 is 0.853 bits per heavy atom. The van der Waals surface area contributed by atoms with Crippen molar-refractivity contribution in [2.45, 2.75) is 45.3 Å². The first-order valence-corrected chi connectivity index (χ1v) is 9.98. The zero-order chi connectivity index (χ0) is 26.3. The minimum absolute atomic E-state index is 0.0892. The van der Waals surface area contributed by atoms with Crippen LogP contribution in [0.15, 0.2) is 48.5 Å². The molecule has 2 aromatic carbocycles. The molecule has 0 aliphatic heterocycles. The Morgan fingerprint density at radius 2 is 1.32 bits per heavy atom. The molecule has 0 fully saturated rings. The molecule has 3 unspecified atom stereocenters. The van der Waals surface area contributed by atoms with E-state index in [9.17, 15) is 35.9 Å². The molecule has 11 heteroatoms. The number of carbonyl (C=O) groups excluding carboxylic acids is 1. The zero-order valence-corrected chi connectivity index (χ0v) is 18.8. The van der Waals surface area contributed by atoms with Crippen molar-refractivity contribution in [2.24, 2.45) is 5.92 Å². The van der Waals surface area contributed by atoms with Gasteiger partial charge in [0.25, 0.3) is 0 Å². The van der Waals surface area contributed by atoms with Crippen LogP contribution in [0.4, 0.5) is 26.3 Å². The molecule has 0 spiro atoms. The fourth-order valence-electron chi connectivity index (χ4n) is 2.63. The zero-order valence-electron chi connectivity index (χ0n) is 18.8. The summed E-state index contributed by atoms with van der Waals surface area (Å²) in [6.45, 7) is 4.56. The number of halogens is 6. The SMILES string of the molecule is CC(C(=O)O)C(=O)NC(C)c1ccccc1.COC(C)c1cc(C(F)(F)F)cc(C(F)(F)F)c1. The Balaban J connectivity index is 0.000000342. The van der Waals surface area contributed by atoms with Crippen molar-refractivity contribution in [3.63, 3.8) is 0 Å². The van der Waals surface area contributed by atoms with Crippen molar-refractivity contribution in [1.29, 1.82) is 0 Å². The Morgan fingerprint density at radius 3 is 1.71 bits per heavy atom. The smallest absolute Gasteiger partial charge is 0.416 e. The van der Waals surface area contributed by atoms with E-state index in [1.807, 2.05) is 37.3 Å². The van der Waals surface area contributed by atoms with E-state index in [0.29, 0.717) is 12.1 Å². The predicted molar refractivity (Wildman–Crippen MR) is 112 cm³/mol. The molecular weight excluding hydrogens is 468 g/mol. The minimum Gasteiger partial charge on any atom is -0.481 e. The average molecular weight is 493 g/mol. The molecule has 3 atom stereocenters. The van der Waals surface area contributed by atoms with Gasteiger partial charge >= 0.3 is 18.3 Å². The Bertz CT molecular complexity index is 928. The Labute approximate surface area is 192 Å². The van der Waals surface area contributed by atoms with Crippen LogP contribution < -0.4 is 5.32 Å². The van der Waals surface area contributed by atoms with E-state index in [0.717, 1.165) is 5.56 Å². The van der Waals surface area contributed by atoms with Gasteiger partial charge in [0.05, 0.1) is 23.3 Å². The number of alkyl halides is 6. The summed E-state index contributed by atoms with van der Waals surface area (Å²) in [7, 11) is 1.21. The summed E-state index contributed by atoms with van der Waals surface area (Å²) < 4.78 is 79.7. The number of benzene rings is 2. The molecule has 2 rings (SSSR count). The fraction of sp³-hybridized carbons (Fsp3) is 0.391. The average Bonchev–Trinajstić information content (AvgIpc) is 2.77. The van der Waals surface area contributed by atoms with Crippen LogP contribution in [0.5, 0.6) is 0 Å². The van der Waals surface area contributed by atoms with Crippen molar-refractivity contribution in [1.82, 2.24) is 5.32 Å². The third-order valence-corrected chi connectivity index (χ3v) is 4.86. The number of amides is 1. The first kappa shape index (κ1) is 29.0. The molecule has 2 aromatic rings. The van der Waals surface area contributed by atoms with Gasteiger partial charge in [0.2, 0.25) is 5.91 Å². The van der Waals surface area contributed by atoms with Crippen LogP contribution in [-0.4, -0.2) is 24.1 Å². The molecule has 34 heavy (non-hydrogen) atoms. The number of methoxy groups -OCH3 is 1. The second kappa shape index (κ2) is 11.9. The number of ether oxygens (including phenoxy) is 1. The van der Waals surface area contributed by atoms with Crippen LogP contribution in [0, 0.1) is 5.92 Å². The van der Waals surface area contributed by atoms with Crippen LogP contribution in [0.25, 0.3) is 0 Å². The molecule has 188 valence electrons. The van der Waals surface area contributed by atoms with Gasteiger partial charge in [0.15, 0.2) is 0 Å². The van der Waals surface area contributed by atoms with E-state index in [1.54, 1.807) is 0 Å². The molecule has 0 saturated heterocycles. The molecule has 2 N–H and O–H groups in total. The van der Waals surface area contributed by atoms with Crippen molar-refractivity contribution in [2.75, 3.05) is 7.11 Å². The van der Waals surface area contributed by atoms with Crippen LogP contribution in [0.3, 0.4) is 0 Å². The molecule has 0 bridgehead atoms. The third kappa shape index (κ3) is 8.69. The van der Waals surface area contributed by atoms with Crippen molar-refractivity contribution in [3.05, 3.63) is 70.8 Å². The van der Waals surface area contributed by atoms with Gasteiger partial charge < -0.3 is 15.2 Å². The number of aliphatic carboxylic acids is 1. The number of carboxylic acid groups (broad SMARTS) is 1. The highest BCUT2D eigenvalue weighted by atomic mass is 19.4. The van der Waals surface area contributed by atoms with Gasteiger partial charge in [0, 0.05) is 7.11 Å². The second-order valence-electron chi connectivity index (χ2n) is 7.42. The number of hydrogen-bond donors (Lipinski definition) is 2. The molecule has 0 aromatic heterocycles. The van der Waals surface area contributed by atoms with Gasteiger partial charge in [0.1, 0.15) is 5.92 Å². The van der Waals surface area contributed by atoms with Crippen LogP contribution in [0.2, 0.25) is 0 Å². The standard InChI is InChI=1S/C12H15NO3.C11H10F6O/c1-8(12(15)16)11(14)13-9(2)10-6-4-3-5-7-10;1-6(18-2)7-3-8(10(12,13)14)5-9(4-7)11(15,16)17/h3-9H,1-2H3,(H,13,14)(H,15,16);3-6H,1-2H3. The summed E-state index contributed by atoms with van der Waals surface area (Å²) in [6.07, 6.45) is -10.5. The van der Waals surface area contributed by atoms with E-state index in [1.165, 1.54) is 21.0 Å². The highest BCUT2D eigenvalue weighted by Crippen LogP contribution is 2.37. The van der Waals surface area contributed by atoms with E-state index in [4.69, 9.17) is 9.84 Å². The van der Waals surface area contributed by atoms with E-state index in [-0.39, 0.29) is 17.7 Å². The second-order valence-corrected chi connectivity index (χ2v) is 7.42. The molecular formula is C23H25F6NO4. The molecule has 0 heterocycles. The summed E-state index contributed by atoms with van der Waals surface area (Å²) in [6, 6.07) is 10.6. The lowest BCUT2D eigenvalue weighted by Crippen LogP contribution is -2.35.